The summed E-state index contributed by atoms with van der Waals surface area (Å²) in [7, 11) is 5.29. The Hall–Kier alpha value is -2.69. The van der Waals surface area contributed by atoms with Gasteiger partial charge in [-0.05, 0) is 78.3 Å². The van der Waals surface area contributed by atoms with Crippen LogP contribution in [0, 0.1) is 17.8 Å². The number of nitrogens with one attached hydrogen (secondary N) is 2. The molecule has 11 nitrogen and oxygen atoms in total. The average molecular weight is 607 g/mol. The number of amides is 5. The molecule has 0 saturated carbocycles. The fraction of sp³-hybridized carbons (Fsp3) is 0.844. The summed E-state index contributed by atoms with van der Waals surface area (Å²) < 4.78 is 0. The number of carbonyl (C=O) groups excluding carboxylic acids is 5. The van der Waals surface area contributed by atoms with Crippen LogP contribution in [0.4, 0.5) is 0 Å². The van der Waals surface area contributed by atoms with Crippen LogP contribution in [0.15, 0.2) is 0 Å². The van der Waals surface area contributed by atoms with Gasteiger partial charge in [0.05, 0.1) is 6.04 Å². The fourth-order valence-corrected chi connectivity index (χ4v) is 6.54. The highest BCUT2D eigenvalue weighted by Gasteiger charge is 2.46. The molecule has 2 fully saturated rings. The number of hydrogen-bond acceptors (Lipinski definition) is 6. The predicted molar refractivity (Wildman–Crippen MR) is 168 cm³/mol. The van der Waals surface area contributed by atoms with E-state index in [9.17, 15) is 24.0 Å². The van der Waals surface area contributed by atoms with E-state index in [1.165, 1.54) is 4.90 Å². The predicted octanol–water partition coefficient (Wildman–Crippen LogP) is 2.09. The Morgan fingerprint density at radius 3 is 1.72 bits per heavy atom. The normalized spacial score (nSPS) is 21.4. The zero-order chi connectivity index (χ0) is 33.0. The van der Waals surface area contributed by atoms with Gasteiger partial charge in [-0.1, -0.05) is 41.5 Å². The standard InChI is InChI=1S/C32H58N6O5/c1-19(2)24(33-28(40)25(20(3)4)35(10)11)30(42)36(12)26(21(5)6)31(43)38-18-14-16-23(38)29(41)37-17-13-15-22(37)27(39)34-32(7,8)9/h19-26H,13-18H2,1-12H3,(H,33,40)(H,34,39)/t22-,23-,24?,25-,26-/m0/s1. The molecular weight excluding hydrogens is 548 g/mol. The van der Waals surface area contributed by atoms with Crippen molar-refractivity contribution in [1.29, 1.82) is 0 Å². The summed E-state index contributed by atoms with van der Waals surface area (Å²) in [6, 6.07) is -3.25. The molecule has 0 bridgehead atoms. The highest BCUT2D eigenvalue weighted by molar-refractivity contribution is 5.96. The van der Waals surface area contributed by atoms with Crippen molar-refractivity contribution < 1.29 is 24.0 Å². The van der Waals surface area contributed by atoms with Crippen LogP contribution in [-0.2, 0) is 24.0 Å². The average Bonchev–Trinajstić information content (AvgIpc) is 3.55. The van der Waals surface area contributed by atoms with Gasteiger partial charge in [-0.3, -0.25) is 28.9 Å². The first-order valence-electron chi connectivity index (χ1n) is 16.0. The minimum atomic E-state index is -0.813. The van der Waals surface area contributed by atoms with Gasteiger partial charge in [-0.25, -0.2) is 0 Å². The monoisotopic (exact) mass is 606 g/mol. The molecule has 2 N–H and O–H groups in total. The van der Waals surface area contributed by atoms with E-state index in [2.05, 4.69) is 10.6 Å². The Bertz CT molecular complexity index is 1010. The molecule has 2 heterocycles. The molecule has 0 aromatic carbocycles. The van der Waals surface area contributed by atoms with Gasteiger partial charge in [0.1, 0.15) is 24.2 Å². The summed E-state index contributed by atoms with van der Waals surface area (Å²) in [4.78, 5) is 74.7. The molecule has 2 rings (SSSR count). The van der Waals surface area contributed by atoms with Crippen molar-refractivity contribution in [1.82, 2.24) is 30.2 Å². The minimum absolute atomic E-state index is 0.0417. The largest absolute Gasteiger partial charge is 0.350 e. The second-order valence-corrected chi connectivity index (χ2v) is 14.6. The number of rotatable bonds is 11. The number of hydrogen-bond donors (Lipinski definition) is 2. The molecule has 0 aliphatic carbocycles. The first-order chi connectivity index (χ1) is 19.8. The van der Waals surface area contributed by atoms with Gasteiger partial charge in [0.2, 0.25) is 29.5 Å². The van der Waals surface area contributed by atoms with E-state index in [0.717, 1.165) is 6.42 Å². The minimum Gasteiger partial charge on any atom is -0.350 e. The third kappa shape index (κ3) is 8.92. The lowest BCUT2D eigenvalue weighted by Crippen LogP contribution is -2.61. The third-order valence-corrected chi connectivity index (χ3v) is 8.49. The first kappa shape index (κ1) is 36.5. The van der Waals surface area contributed by atoms with Crippen molar-refractivity contribution >= 4 is 29.5 Å². The summed E-state index contributed by atoms with van der Waals surface area (Å²) in [5, 5.41) is 5.96. The number of likely N-dealkylation sites (N-methyl/N-ethyl adjacent to an activating group) is 2. The Morgan fingerprint density at radius 2 is 1.26 bits per heavy atom. The molecule has 5 atom stereocenters. The van der Waals surface area contributed by atoms with Crippen molar-refractivity contribution in [3.05, 3.63) is 0 Å². The molecule has 246 valence electrons. The summed E-state index contributed by atoms with van der Waals surface area (Å²) in [5.41, 5.74) is -0.416. The summed E-state index contributed by atoms with van der Waals surface area (Å²) in [5.74, 6) is -1.61. The summed E-state index contributed by atoms with van der Waals surface area (Å²) >= 11 is 0. The van der Waals surface area contributed by atoms with Crippen LogP contribution < -0.4 is 10.6 Å². The molecule has 0 radical (unpaired) electrons. The highest BCUT2D eigenvalue weighted by atomic mass is 16.2. The molecule has 0 aromatic heterocycles. The maximum atomic E-state index is 14.2. The maximum Gasteiger partial charge on any atom is 0.246 e. The van der Waals surface area contributed by atoms with E-state index in [4.69, 9.17) is 0 Å². The first-order valence-corrected chi connectivity index (χ1v) is 16.0. The fourth-order valence-electron chi connectivity index (χ4n) is 6.54. The zero-order valence-corrected chi connectivity index (χ0v) is 28.7. The molecule has 2 aliphatic rings. The van der Waals surface area contributed by atoms with Gasteiger partial charge in [-0.2, -0.15) is 0 Å². The van der Waals surface area contributed by atoms with Gasteiger partial charge < -0.3 is 25.3 Å². The molecule has 2 aliphatic heterocycles. The zero-order valence-electron chi connectivity index (χ0n) is 28.7. The van der Waals surface area contributed by atoms with Crippen LogP contribution in [0.5, 0.6) is 0 Å². The lowest BCUT2D eigenvalue weighted by Gasteiger charge is -2.39. The van der Waals surface area contributed by atoms with Crippen LogP contribution >= 0.6 is 0 Å². The van der Waals surface area contributed by atoms with Crippen LogP contribution in [0.1, 0.15) is 88.0 Å². The maximum absolute atomic E-state index is 14.2. The molecule has 2 saturated heterocycles. The third-order valence-electron chi connectivity index (χ3n) is 8.49. The van der Waals surface area contributed by atoms with Crippen LogP contribution in [0.25, 0.3) is 0 Å². The van der Waals surface area contributed by atoms with Crippen molar-refractivity contribution in [2.24, 2.45) is 17.8 Å². The van der Waals surface area contributed by atoms with Gasteiger partial charge in [-0.15, -0.1) is 0 Å². The van der Waals surface area contributed by atoms with Gasteiger partial charge in [0.25, 0.3) is 0 Å². The van der Waals surface area contributed by atoms with E-state index in [-0.39, 0.29) is 47.3 Å². The van der Waals surface area contributed by atoms with Crippen LogP contribution in [0.3, 0.4) is 0 Å². The second kappa shape index (κ2) is 14.9. The van der Waals surface area contributed by atoms with Crippen molar-refractivity contribution in [2.45, 2.75) is 124 Å². The lowest BCUT2D eigenvalue weighted by molar-refractivity contribution is -0.153. The van der Waals surface area contributed by atoms with E-state index >= 15 is 0 Å². The number of nitrogens with zero attached hydrogens (tertiary/aromatic N) is 4. The van der Waals surface area contributed by atoms with Crippen molar-refractivity contribution in [2.75, 3.05) is 34.2 Å². The second-order valence-electron chi connectivity index (χ2n) is 14.6. The number of likely N-dealkylation sites (tertiary alicyclic amines) is 2. The van der Waals surface area contributed by atoms with E-state index < -0.39 is 35.7 Å². The molecule has 1 unspecified atom stereocenters. The Morgan fingerprint density at radius 1 is 0.744 bits per heavy atom. The molecule has 5 amide bonds. The van der Waals surface area contributed by atoms with Crippen molar-refractivity contribution in [3.63, 3.8) is 0 Å². The molecule has 11 heteroatoms. The van der Waals surface area contributed by atoms with E-state index in [0.29, 0.717) is 32.4 Å². The number of carbonyl (C=O) groups is 5. The lowest BCUT2D eigenvalue weighted by atomic mass is 9.96. The molecular formula is C32H58N6O5. The Balaban J connectivity index is 2.27. The van der Waals surface area contributed by atoms with Crippen LogP contribution in [0.2, 0.25) is 0 Å². The van der Waals surface area contributed by atoms with Crippen LogP contribution in [-0.4, -0.2) is 119 Å². The van der Waals surface area contributed by atoms with E-state index in [1.54, 1.807) is 16.8 Å². The summed E-state index contributed by atoms with van der Waals surface area (Å²) in [6.45, 7) is 18.1. The van der Waals surface area contributed by atoms with Gasteiger partial charge in [0.15, 0.2) is 0 Å². The molecule has 0 spiro atoms. The Kier molecular flexibility index (Phi) is 12.6. The quantitative estimate of drug-likeness (QED) is 0.372. The Labute approximate surface area is 259 Å². The highest BCUT2D eigenvalue weighted by Crippen LogP contribution is 2.28. The summed E-state index contributed by atoms with van der Waals surface area (Å²) in [6.07, 6.45) is 2.51. The SMILES string of the molecule is CC(C)C(NC(=O)[C@H](C(C)C)N(C)C)C(=O)N(C)[C@H](C(=O)N1CCC[C@H]1C(=O)N1CCC[C@H]1C(=O)NC(C)(C)C)C(C)C. The smallest absolute Gasteiger partial charge is 0.246 e. The van der Waals surface area contributed by atoms with Gasteiger partial charge >= 0.3 is 0 Å². The molecule has 0 aromatic rings. The molecule has 43 heavy (non-hydrogen) atoms. The van der Waals surface area contributed by atoms with Crippen molar-refractivity contribution in [3.8, 4) is 0 Å². The van der Waals surface area contributed by atoms with E-state index in [1.807, 2.05) is 81.3 Å². The topological polar surface area (TPSA) is 122 Å². The van der Waals surface area contributed by atoms with Gasteiger partial charge in [0, 0.05) is 25.7 Å².